The Balaban J connectivity index is 1.76. The SMILES string of the molecule is Cc1cc(NCc2ccnc(N3CCCC3)c2)c(C#N)c(C)n1. The normalized spacial score (nSPS) is 13.9. The van der Waals surface area contributed by atoms with Crippen LogP contribution in [-0.2, 0) is 6.54 Å². The fraction of sp³-hybridized carbons (Fsp3) is 0.389. The number of rotatable bonds is 4. The summed E-state index contributed by atoms with van der Waals surface area (Å²) in [7, 11) is 0. The van der Waals surface area contributed by atoms with Crippen molar-refractivity contribution in [3.05, 3.63) is 46.9 Å². The van der Waals surface area contributed by atoms with E-state index in [-0.39, 0.29) is 0 Å². The van der Waals surface area contributed by atoms with Crippen LogP contribution in [0.2, 0.25) is 0 Å². The van der Waals surface area contributed by atoms with Crippen LogP contribution in [0.3, 0.4) is 0 Å². The third-order valence-electron chi connectivity index (χ3n) is 4.16. The average Bonchev–Trinajstić information content (AvgIpc) is 3.07. The second-order valence-electron chi connectivity index (χ2n) is 5.95. The van der Waals surface area contributed by atoms with Crippen molar-refractivity contribution in [2.75, 3.05) is 23.3 Å². The number of nitrogens with zero attached hydrogens (tertiary/aromatic N) is 4. The molecule has 0 bridgehead atoms. The first kappa shape index (κ1) is 15.3. The molecule has 2 aromatic heterocycles. The number of nitrogens with one attached hydrogen (secondary N) is 1. The summed E-state index contributed by atoms with van der Waals surface area (Å²) in [6, 6.07) is 8.31. The highest BCUT2D eigenvalue weighted by Gasteiger charge is 2.14. The number of anilines is 2. The second-order valence-corrected chi connectivity index (χ2v) is 5.95. The molecule has 0 aliphatic carbocycles. The lowest BCUT2D eigenvalue weighted by Gasteiger charge is -2.17. The van der Waals surface area contributed by atoms with Crippen LogP contribution in [0, 0.1) is 25.2 Å². The maximum atomic E-state index is 9.33. The molecule has 0 atom stereocenters. The monoisotopic (exact) mass is 307 g/mol. The van der Waals surface area contributed by atoms with Gasteiger partial charge in [-0.15, -0.1) is 0 Å². The van der Waals surface area contributed by atoms with Crippen molar-refractivity contribution < 1.29 is 0 Å². The average molecular weight is 307 g/mol. The topological polar surface area (TPSA) is 64.8 Å². The molecule has 1 aliphatic heterocycles. The Bertz CT molecular complexity index is 742. The van der Waals surface area contributed by atoms with Gasteiger partial charge in [-0.1, -0.05) is 0 Å². The van der Waals surface area contributed by atoms with Crippen LogP contribution in [-0.4, -0.2) is 23.1 Å². The first-order valence-electron chi connectivity index (χ1n) is 7.99. The van der Waals surface area contributed by atoms with Crippen molar-refractivity contribution in [2.45, 2.75) is 33.2 Å². The first-order chi connectivity index (χ1) is 11.2. The van der Waals surface area contributed by atoms with Crippen LogP contribution < -0.4 is 10.2 Å². The predicted octanol–water partition coefficient (Wildman–Crippen LogP) is 3.18. The molecule has 0 saturated carbocycles. The highest BCUT2D eigenvalue weighted by Crippen LogP contribution is 2.21. The lowest BCUT2D eigenvalue weighted by atomic mass is 10.1. The van der Waals surface area contributed by atoms with E-state index < -0.39 is 0 Å². The van der Waals surface area contributed by atoms with Crippen molar-refractivity contribution in [3.8, 4) is 6.07 Å². The number of nitriles is 1. The Kier molecular flexibility index (Phi) is 4.42. The van der Waals surface area contributed by atoms with Crippen molar-refractivity contribution >= 4 is 11.5 Å². The van der Waals surface area contributed by atoms with Gasteiger partial charge in [0.05, 0.1) is 16.9 Å². The van der Waals surface area contributed by atoms with E-state index in [1.807, 2.05) is 32.2 Å². The van der Waals surface area contributed by atoms with Crippen LogP contribution in [0.1, 0.15) is 35.4 Å². The van der Waals surface area contributed by atoms with E-state index in [1.54, 1.807) is 0 Å². The second kappa shape index (κ2) is 6.66. The molecule has 0 unspecified atom stereocenters. The van der Waals surface area contributed by atoms with Gasteiger partial charge in [-0.3, -0.25) is 4.98 Å². The third kappa shape index (κ3) is 3.42. The zero-order valence-electron chi connectivity index (χ0n) is 13.6. The Hall–Kier alpha value is -2.61. The van der Waals surface area contributed by atoms with E-state index in [1.165, 1.54) is 12.8 Å². The molecule has 1 aliphatic rings. The quantitative estimate of drug-likeness (QED) is 0.940. The molecule has 0 amide bonds. The molecule has 23 heavy (non-hydrogen) atoms. The molecule has 118 valence electrons. The molecule has 1 saturated heterocycles. The van der Waals surface area contributed by atoms with Gasteiger partial charge in [0, 0.05) is 31.5 Å². The van der Waals surface area contributed by atoms with Gasteiger partial charge < -0.3 is 10.2 Å². The summed E-state index contributed by atoms with van der Waals surface area (Å²) < 4.78 is 0. The van der Waals surface area contributed by atoms with E-state index in [2.05, 4.69) is 32.3 Å². The molecule has 0 radical (unpaired) electrons. The Labute approximate surface area is 137 Å². The zero-order valence-corrected chi connectivity index (χ0v) is 13.6. The smallest absolute Gasteiger partial charge is 0.128 e. The molecule has 1 fully saturated rings. The highest BCUT2D eigenvalue weighted by molar-refractivity contribution is 5.60. The molecular weight excluding hydrogens is 286 g/mol. The standard InChI is InChI=1S/C18H21N5/c1-13-9-17(16(11-19)14(2)22-13)21-12-15-5-6-20-18(10-15)23-7-3-4-8-23/h5-6,9-10H,3-4,7-8,12H2,1-2H3,(H,21,22). The summed E-state index contributed by atoms with van der Waals surface area (Å²) in [5, 5.41) is 12.7. The number of pyridine rings is 2. The molecule has 3 heterocycles. The van der Waals surface area contributed by atoms with Gasteiger partial charge in [0.2, 0.25) is 0 Å². The largest absolute Gasteiger partial charge is 0.380 e. The van der Waals surface area contributed by atoms with Gasteiger partial charge in [-0.25, -0.2) is 4.98 Å². The molecule has 5 heteroatoms. The van der Waals surface area contributed by atoms with Crippen LogP contribution in [0.15, 0.2) is 24.4 Å². The Morgan fingerprint density at radius 3 is 2.78 bits per heavy atom. The van der Waals surface area contributed by atoms with Gasteiger partial charge >= 0.3 is 0 Å². The summed E-state index contributed by atoms with van der Waals surface area (Å²) in [4.78, 5) is 11.1. The van der Waals surface area contributed by atoms with Crippen molar-refractivity contribution in [3.63, 3.8) is 0 Å². The maximum absolute atomic E-state index is 9.33. The van der Waals surface area contributed by atoms with Gasteiger partial charge in [-0.05, 0) is 50.5 Å². The fourth-order valence-electron chi connectivity index (χ4n) is 3.00. The summed E-state index contributed by atoms with van der Waals surface area (Å²) >= 11 is 0. The molecule has 5 nitrogen and oxygen atoms in total. The highest BCUT2D eigenvalue weighted by atomic mass is 15.2. The lowest BCUT2D eigenvalue weighted by molar-refractivity contribution is 0.931. The van der Waals surface area contributed by atoms with Gasteiger partial charge in [0.25, 0.3) is 0 Å². The molecule has 0 spiro atoms. The number of aromatic nitrogens is 2. The van der Waals surface area contributed by atoms with Gasteiger partial charge in [-0.2, -0.15) is 5.26 Å². The van der Waals surface area contributed by atoms with E-state index >= 15 is 0 Å². The molecule has 0 aromatic carbocycles. The minimum absolute atomic E-state index is 0.615. The van der Waals surface area contributed by atoms with Crippen molar-refractivity contribution in [1.29, 1.82) is 5.26 Å². The van der Waals surface area contributed by atoms with Crippen LogP contribution >= 0.6 is 0 Å². The molecular formula is C18H21N5. The van der Waals surface area contributed by atoms with Crippen molar-refractivity contribution in [2.24, 2.45) is 0 Å². The third-order valence-corrected chi connectivity index (χ3v) is 4.16. The van der Waals surface area contributed by atoms with E-state index in [9.17, 15) is 5.26 Å². The van der Waals surface area contributed by atoms with Gasteiger partial charge in [0.15, 0.2) is 0 Å². The maximum Gasteiger partial charge on any atom is 0.128 e. The molecule has 1 N–H and O–H groups in total. The number of hydrogen-bond acceptors (Lipinski definition) is 5. The summed E-state index contributed by atoms with van der Waals surface area (Å²) in [5.74, 6) is 1.05. The van der Waals surface area contributed by atoms with E-state index in [0.717, 1.165) is 41.5 Å². The fourth-order valence-corrected chi connectivity index (χ4v) is 3.00. The molecule has 2 aromatic rings. The van der Waals surface area contributed by atoms with Crippen LogP contribution in [0.25, 0.3) is 0 Å². The van der Waals surface area contributed by atoms with E-state index in [4.69, 9.17) is 0 Å². The van der Waals surface area contributed by atoms with Crippen LogP contribution in [0.4, 0.5) is 11.5 Å². The first-order valence-corrected chi connectivity index (χ1v) is 7.99. The van der Waals surface area contributed by atoms with Crippen LogP contribution in [0.5, 0.6) is 0 Å². The number of aryl methyl sites for hydroxylation is 2. The summed E-state index contributed by atoms with van der Waals surface area (Å²) in [6.07, 6.45) is 4.34. The van der Waals surface area contributed by atoms with Crippen molar-refractivity contribution in [1.82, 2.24) is 9.97 Å². The summed E-state index contributed by atoms with van der Waals surface area (Å²) in [5.41, 5.74) is 4.30. The van der Waals surface area contributed by atoms with Gasteiger partial charge in [0.1, 0.15) is 11.9 Å². The summed E-state index contributed by atoms with van der Waals surface area (Å²) in [6.45, 7) is 6.66. The number of hydrogen-bond donors (Lipinski definition) is 1. The predicted molar refractivity (Wildman–Crippen MR) is 91.4 cm³/mol. The molecule has 3 rings (SSSR count). The zero-order chi connectivity index (χ0) is 16.2. The Morgan fingerprint density at radius 1 is 1.26 bits per heavy atom. The Morgan fingerprint density at radius 2 is 2.04 bits per heavy atom. The minimum Gasteiger partial charge on any atom is -0.380 e. The lowest BCUT2D eigenvalue weighted by Crippen LogP contribution is -2.19. The minimum atomic E-state index is 0.615. The van der Waals surface area contributed by atoms with E-state index in [0.29, 0.717) is 12.1 Å².